The van der Waals surface area contributed by atoms with Crippen molar-refractivity contribution in [3.8, 4) is 0 Å². The standard InChI is InChI=1S/C7H13N/c1-5-4-8-7(3)6(5)2/h5-6,8H,3-4H2,1-2H3/t5-,6?/m0/s1. The average Bonchev–Trinajstić information content (AvgIpc) is 1.98. The van der Waals surface area contributed by atoms with E-state index in [9.17, 15) is 0 Å². The molecule has 1 heterocycles. The Balaban J connectivity index is 2.56. The lowest BCUT2D eigenvalue weighted by Gasteiger charge is -2.04. The van der Waals surface area contributed by atoms with E-state index in [4.69, 9.17) is 0 Å². The van der Waals surface area contributed by atoms with Crippen LogP contribution in [0.1, 0.15) is 13.8 Å². The molecule has 0 aromatic heterocycles. The molecule has 1 nitrogen and oxygen atoms in total. The minimum Gasteiger partial charge on any atom is -0.388 e. The summed E-state index contributed by atoms with van der Waals surface area (Å²) < 4.78 is 0. The molecule has 1 N–H and O–H groups in total. The van der Waals surface area contributed by atoms with Gasteiger partial charge in [-0.05, 0) is 11.8 Å². The van der Waals surface area contributed by atoms with Crippen LogP contribution in [0.3, 0.4) is 0 Å². The first-order valence-corrected chi connectivity index (χ1v) is 3.14. The summed E-state index contributed by atoms with van der Waals surface area (Å²) in [5.74, 6) is 1.46. The molecule has 1 unspecified atom stereocenters. The van der Waals surface area contributed by atoms with Crippen LogP contribution in [0.2, 0.25) is 0 Å². The lowest BCUT2D eigenvalue weighted by Crippen LogP contribution is -2.04. The summed E-state index contributed by atoms with van der Waals surface area (Å²) in [7, 11) is 0. The molecular weight excluding hydrogens is 98.1 g/mol. The minimum atomic E-state index is 0.676. The molecule has 0 spiro atoms. The van der Waals surface area contributed by atoms with Crippen molar-refractivity contribution < 1.29 is 0 Å². The van der Waals surface area contributed by atoms with Crippen molar-refractivity contribution in [1.82, 2.24) is 5.32 Å². The average molecular weight is 111 g/mol. The first kappa shape index (κ1) is 5.67. The summed E-state index contributed by atoms with van der Waals surface area (Å²) in [6.07, 6.45) is 0. The molecule has 0 bridgehead atoms. The molecule has 46 valence electrons. The molecule has 1 aliphatic heterocycles. The summed E-state index contributed by atoms with van der Waals surface area (Å²) in [6.45, 7) is 9.45. The van der Waals surface area contributed by atoms with Gasteiger partial charge in [0, 0.05) is 12.2 Å². The molecule has 0 amide bonds. The van der Waals surface area contributed by atoms with Gasteiger partial charge in [0.25, 0.3) is 0 Å². The molecule has 1 rings (SSSR count). The Morgan fingerprint density at radius 2 is 2.25 bits per heavy atom. The largest absolute Gasteiger partial charge is 0.388 e. The minimum absolute atomic E-state index is 0.676. The van der Waals surface area contributed by atoms with E-state index in [-0.39, 0.29) is 0 Å². The van der Waals surface area contributed by atoms with Crippen LogP contribution >= 0.6 is 0 Å². The van der Waals surface area contributed by atoms with Crippen LogP contribution in [0.15, 0.2) is 12.3 Å². The Bertz CT molecular complexity index is 107. The van der Waals surface area contributed by atoms with Crippen LogP contribution in [0.25, 0.3) is 0 Å². The maximum absolute atomic E-state index is 3.87. The second kappa shape index (κ2) is 1.81. The molecule has 1 aliphatic rings. The van der Waals surface area contributed by atoms with Gasteiger partial charge < -0.3 is 5.32 Å². The van der Waals surface area contributed by atoms with E-state index >= 15 is 0 Å². The smallest absolute Gasteiger partial charge is 0.0175 e. The highest BCUT2D eigenvalue weighted by Gasteiger charge is 2.21. The van der Waals surface area contributed by atoms with Crippen molar-refractivity contribution in [3.05, 3.63) is 12.3 Å². The fourth-order valence-corrected chi connectivity index (χ4v) is 0.973. The van der Waals surface area contributed by atoms with Crippen molar-refractivity contribution in [2.45, 2.75) is 13.8 Å². The molecule has 8 heavy (non-hydrogen) atoms. The maximum Gasteiger partial charge on any atom is 0.0175 e. The summed E-state index contributed by atoms with van der Waals surface area (Å²) in [4.78, 5) is 0. The zero-order valence-electron chi connectivity index (χ0n) is 5.57. The van der Waals surface area contributed by atoms with Gasteiger partial charge in [-0.15, -0.1) is 0 Å². The number of hydrogen-bond acceptors (Lipinski definition) is 1. The Labute approximate surface area is 50.8 Å². The summed E-state index contributed by atoms with van der Waals surface area (Å²) in [6, 6.07) is 0. The van der Waals surface area contributed by atoms with Gasteiger partial charge in [0.05, 0.1) is 0 Å². The number of hydrogen-bond donors (Lipinski definition) is 1. The zero-order valence-corrected chi connectivity index (χ0v) is 5.57. The van der Waals surface area contributed by atoms with Crippen molar-refractivity contribution in [2.75, 3.05) is 6.54 Å². The van der Waals surface area contributed by atoms with Crippen LogP contribution in [-0.4, -0.2) is 6.54 Å². The van der Waals surface area contributed by atoms with Crippen molar-refractivity contribution in [1.29, 1.82) is 0 Å². The summed E-state index contributed by atoms with van der Waals surface area (Å²) in [5, 5.41) is 3.22. The van der Waals surface area contributed by atoms with E-state index in [1.807, 2.05) is 0 Å². The van der Waals surface area contributed by atoms with Crippen LogP contribution in [0.4, 0.5) is 0 Å². The Hall–Kier alpha value is -0.460. The predicted octanol–water partition coefficient (Wildman–Crippen LogP) is 1.38. The quantitative estimate of drug-likeness (QED) is 0.498. The Morgan fingerprint density at radius 3 is 2.38 bits per heavy atom. The van der Waals surface area contributed by atoms with Crippen LogP contribution < -0.4 is 5.32 Å². The van der Waals surface area contributed by atoms with E-state index in [2.05, 4.69) is 25.7 Å². The van der Waals surface area contributed by atoms with Crippen molar-refractivity contribution in [3.63, 3.8) is 0 Å². The first-order valence-electron chi connectivity index (χ1n) is 3.14. The molecule has 0 aromatic carbocycles. The zero-order chi connectivity index (χ0) is 6.15. The van der Waals surface area contributed by atoms with E-state index < -0.39 is 0 Å². The third-order valence-electron chi connectivity index (χ3n) is 2.05. The molecule has 0 aliphatic carbocycles. The van der Waals surface area contributed by atoms with Gasteiger partial charge in [-0.1, -0.05) is 20.4 Å². The van der Waals surface area contributed by atoms with E-state index in [0.29, 0.717) is 5.92 Å². The maximum atomic E-state index is 3.87. The SMILES string of the molecule is C=C1NC[C@H](C)C1C. The summed E-state index contributed by atoms with van der Waals surface area (Å²) in [5.41, 5.74) is 1.21. The summed E-state index contributed by atoms with van der Waals surface area (Å²) >= 11 is 0. The Kier molecular flexibility index (Phi) is 1.28. The molecule has 0 radical (unpaired) electrons. The lowest BCUT2D eigenvalue weighted by molar-refractivity contribution is 0.519. The van der Waals surface area contributed by atoms with E-state index in [1.165, 1.54) is 5.70 Å². The molecule has 1 saturated heterocycles. The fraction of sp³-hybridized carbons (Fsp3) is 0.714. The van der Waals surface area contributed by atoms with Crippen LogP contribution in [0, 0.1) is 11.8 Å². The normalized spacial score (nSPS) is 37.5. The Morgan fingerprint density at radius 1 is 1.62 bits per heavy atom. The lowest BCUT2D eigenvalue weighted by atomic mass is 9.99. The number of allylic oxidation sites excluding steroid dienone is 1. The van der Waals surface area contributed by atoms with Gasteiger partial charge in [-0.3, -0.25) is 0 Å². The number of nitrogens with one attached hydrogen (secondary N) is 1. The van der Waals surface area contributed by atoms with Gasteiger partial charge in [-0.2, -0.15) is 0 Å². The molecule has 1 heteroatoms. The van der Waals surface area contributed by atoms with Crippen molar-refractivity contribution in [2.24, 2.45) is 11.8 Å². The fourth-order valence-electron chi connectivity index (χ4n) is 0.973. The first-order chi connectivity index (χ1) is 3.72. The molecule has 2 atom stereocenters. The highest BCUT2D eigenvalue weighted by molar-refractivity contribution is 5.04. The highest BCUT2D eigenvalue weighted by Crippen LogP contribution is 2.21. The van der Waals surface area contributed by atoms with Crippen LogP contribution in [-0.2, 0) is 0 Å². The topological polar surface area (TPSA) is 12.0 Å². The monoisotopic (exact) mass is 111 g/mol. The number of rotatable bonds is 0. The molecule has 1 fully saturated rings. The van der Waals surface area contributed by atoms with Gasteiger partial charge in [0.2, 0.25) is 0 Å². The molecule has 0 aromatic rings. The van der Waals surface area contributed by atoms with Gasteiger partial charge in [-0.25, -0.2) is 0 Å². The third kappa shape index (κ3) is 0.726. The molecular formula is C7H13N. The van der Waals surface area contributed by atoms with Gasteiger partial charge in [0.1, 0.15) is 0 Å². The predicted molar refractivity (Wildman–Crippen MR) is 35.5 cm³/mol. The van der Waals surface area contributed by atoms with Crippen LogP contribution in [0.5, 0.6) is 0 Å². The van der Waals surface area contributed by atoms with Crippen molar-refractivity contribution >= 4 is 0 Å². The highest BCUT2D eigenvalue weighted by atomic mass is 14.9. The van der Waals surface area contributed by atoms with Gasteiger partial charge in [0.15, 0.2) is 0 Å². The van der Waals surface area contributed by atoms with Gasteiger partial charge >= 0.3 is 0 Å². The second-order valence-corrected chi connectivity index (χ2v) is 2.67. The third-order valence-corrected chi connectivity index (χ3v) is 2.05. The van der Waals surface area contributed by atoms with E-state index in [0.717, 1.165) is 12.5 Å². The molecule has 0 saturated carbocycles. The second-order valence-electron chi connectivity index (χ2n) is 2.67. The van der Waals surface area contributed by atoms with E-state index in [1.54, 1.807) is 0 Å².